The fourth-order valence-corrected chi connectivity index (χ4v) is 1.96. The molecule has 0 aliphatic carbocycles. The Kier molecular flexibility index (Phi) is 5.03. The maximum absolute atomic E-state index is 10.7. The third-order valence-corrected chi connectivity index (χ3v) is 2.95. The summed E-state index contributed by atoms with van der Waals surface area (Å²) in [7, 11) is 0. The van der Waals surface area contributed by atoms with E-state index in [2.05, 4.69) is 15.0 Å². The van der Waals surface area contributed by atoms with Crippen LogP contribution in [0.25, 0.3) is 0 Å². The molecule has 0 amide bonds. The van der Waals surface area contributed by atoms with Gasteiger partial charge < -0.3 is 0 Å². The average Bonchev–Trinajstić information content (AvgIpc) is 2.55. The Balaban J connectivity index is 2.38. The van der Waals surface area contributed by atoms with Crippen LogP contribution < -0.4 is 0 Å². The smallest absolute Gasteiger partial charge is 0.211 e. The summed E-state index contributed by atoms with van der Waals surface area (Å²) in [6, 6.07) is 12.8. The zero-order chi connectivity index (χ0) is 15.8. The van der Waals surface area contributed by atoms with Crippen LogP contribution in [-0.2, 0) is 14.4 Å². The Labute approximate surface area is 125 Å². The topological polar surface area (TPSA) is 88.3 Å². The van der Waals surface area contributed by atoms with E-state index in [0.717, 1.165) is 11.1 Å². The molecule has 0 N–H and O–H groups in total. The molecule has 0 saturated heterocycles. The van der Waals surface area contributed by atoms with Crippen LogP contribution >= 0.6 is 0 Å². The van der Waals surface area contributed by atoms with Crippen molar-refractivity contribution < 1.29 is 14.4 Å². The van der Waals surface area contributed by atoms with Crippen molar-refractivity contribution in [2.45, 2.75) is 6.04 Å². The van der Waals surface area contributed by atoms with Crippen LogP contribution in [0, 0.1) is 0 Å². The molecule has 0 radical (unpaired) electrons. The predicted molar refractivity (Wildman–Crippen MR) is 78.4 cm³/mol. The Bertz CT molecular complexity index is 732. The largest absolute Gasteiger partial charge is 0.240 e. The van der Waals surface area contributed by atoms with E-state index in [0.29, 0.717) is 11.4 Å². The molecule has 0 aliphatic heterocycles. The molecule has 0 unspecified atom stereocenters. The summed E-state index contributed by atoms with van der Waals surface area (Å²) in [6.45, 7) is 0. The fourth-order valence-electron chi connectivity index (χ4n) is 1.96. The monoisotopic (exact) mass is 291 g/mol. The van der Waals surface area contributed by atoms with Gasteiger partial charge in [0.25, 0.3) is 0 Å². The van der Waals surface area contributed by atoms with Gasteiger partial charge >= 0.3 is 0 Å². The maximum Gasteiger partial charge on any atom is 0.240 e. The highest BCUT2D eigenvalue weighted by Crippen LogP contribution is 2.28. The van der Waals surface area contributed by atoms with Gasteiger partial charge in [0.1, 0.15) is 6.04 Å². The van der Waals surface area contributed by atoms with Crippen LogP contribution in [0.15, 0.2) is 63.5 Å². The zero-order valence-corrected chi connectivity index (χ0v) is 11.3. The Morgan fingerprint density at radius 1 is 0.636 bits per heavy atom. The quantitative estimate of drug-likeness (QED) is 0.626. The highest BCUT2D eigenvalue weighted by molar-refractivity contribution is 5.52. The van der Waals surface area contributed by atoms with Crippen LogP contribution in [0.5, 0.6) is 0 Å². The van der Waals surface area contributed by atoms with Crippen molar-refractivity contribution >= 4 is 29.6 Å². The Hall–Kier alpha value is -3.42. The van der Waals surface area contributed by atoms with Crippen LogP contribution in [0.1, 0.15) is 17.2 Å². The Morgan fingerprint density at radius 2 is 1.05 bits per heavy atom. The van der Waals surface area contributed by atoms with E-state index >= 15 is 0 Å². The molecular formula is C16H9N3O3. The van der Waals surface area contributed by atoms with E-state index in [4.69, 9.17) is 0 Å². The third kappa shape index (κ3) is 3.57. The second-order valence-corrected chi connectivity index (χ2v) is 4.21. The zero-order valence-electron chi connectivity index (χ0n) is 11.3. The minimum atomic E-state index is -0.541. The number of carbonyl (C=O) groups excluding carboxylic acids is 3. The van der Waals surface area contributed by atoms with Gasteiger partial charge in [0, 0.05) is 0 Å². The van der Waals surface area contributed by atoms with Gasteiger partial charge in [0.05, 0.1) is 11.4 Å². The van der Waals surface area contributed by atoms with E-state index in [1.807, 2.05) is 0 Å². The number of rotatable bonds is 5. The summed E-state index contributed by atoms with van der Waals surface area (Å²) in [5.74, 6) is 0. The minimum absolute atomic E-state index is 0.461. The minimum Gasteiger partial charge on any atom is -0.211 e. The van der Waals surface area contributed by atoms with Gasteiger partial charge in [-0.3, -0.25) is 0 Å². The molecule has 6 heteroatoms. The lowest BCUT2D eigenvalue weighted by Crippen LogP contribution is -1.97. The number of hydrogen-bond acceptors (Lipinski definition) is 6. The highest BCUT2D eigenvalue weighted by atomic mass is 16.1. The highest BCUT2D eigenvalue weighted by Gasteiger charge is 2.13. The van der Waals surface area contributed by atoms with Crippen molar-refractivity contribution in [3.63, 3.8) is 0 Å². The first kappa shape index (κ1) is 15.0. The normalized spacial score (nSPS) is 10.5. The van der Waals surface area contributed by atoms with Crippen LogP contribution in [0.3, 0.4) is 0 Å². The van der Waals surface area contributed by atoms with Crippen LogP contribution in [0.4, 0.5) is 11.4 Å². The predicted octanol–water partition coefficient (Wildman–Crippen LogP) is 3.05. The van der Waals surface area contributed by atoms with Crippen molar-refractivity contribution in [1.82, 2.24) is 0 Å². The molecule has 2 aromatic rings. The number of isocyanates is 3. The first-order chi connectivity index (χ1) is 10.8. The fraction of sp³-hybridized carbons (Fsp3) is 0.0625. The molecule has 0 atom stereocenters. The van der Waals surface area contributed by atoms with Crippen molar-refractivity contribution in [2.75, 3.05) is 0 Å². The molecule has 0 aliphatic rings. The molecule has 22 heavy (non-hydrogen) atoms. The van der Waals surface area contributed by atoms with Crippen molar-refractivity contribution in [2.24, 2.45) is 15.0 Å². The second kappa shape index (κ2) is 7.39. The first-order valence-electron chi connectivity index (χ1n) is 6.21. The summed E-state index contributed by atoms with van der Waals surface area (Å²) in [5.41, 5.74) is 2.39. The van der Waals surface area contributed by atoms with Crippen LogP contribution in [0.2, 0.25) is 0 Å². The molecule has 2 rings (SSSR count). The molecule has 106 valence electrons. The van der Waals surface area contributed by atoms with Crippen molar-refractivity contribution in [3.05, 3.63) is 59.7 Å². The molecule has 0 spiro atoms. The van der Waals surface area contributed by atoms with E-state index < -0.39 is 6.04 Å². The molecule has 2 aromatic carbocycles. The number of hydrogen-bond donors (Lipinski definition) is 0. The van der Waals surface area contributed by atoms with Gasteiger partial charge in [0.15, 0.2) is 0 Å². The number of benzene rings is 2. The standard InChI is InChI=1S/C16H9N3O3/c20-9-17-14-5-1-12(2-6-14)16(19-11-22)13-3-7-15(8-4-13)18-10-21/h1-8,16H. The SMILES string of the molecule is O=C=Nc1ccc(C(N=C=O)c2ccc(N=C=O)cc2)cc1. The second-order valence-electron chi connectivity index (χ2n) is 4.21. The summed E-state index contributed by atoms with van der Waals surface area (Å²) in [5, 5.41) is 0. The lowest BCUT2D eigenvalue weighted by Gasteiger charge is -2.11. The van der Waals surface area contributed by atoms with Gasteiger partial charge in [-0.2, -0.15) is 15.0 Å². The molecule has 0 heterocycles. The van der Waals surface area contributed by atoms with Crippen molar-refractivity contribution in [3.8, 4) is 0 Å². The lowest BCUT2D eigenvalue weighted by atomic mass is 9.99. The summed E-state index contributed by atoms with van der Waals surface area (Å²) >= 11 is 0. The number of aliphatic imine (C=N–C) groups is 3. The summed E-state index contributed by atoms with van der Waals surface area (Å²) in [4.78, 5) is 41.9. The maximum atomic E-state index is 10.7. The molecule has 0 bridgehead atoms. The van der Waals surface area contributed by atoms with Crippen LogP contribution in [-0.4, -0.2) is 18.2 Å². The molecule has 6 nitrogen and oxygen atoms in total. The number of nitrogens with zero attached hydrogens (tertiary/aromatic N) is 3. The van der Waals surface area contributed by atoms with Gasteiger partial charge in [-0.15, -0.1) is 0 Å². The van der Waals surface area contributed by atoms with E-state index in [1.165, 1.54) is 12.2 Å². The Morgan fingerprint density at radius 3 is 1.36 bits per heavy atom. The van der Waals surface area contributed by atoms with Gasteiger partial charge in [-0.25, -0.2) is 14.4 Å². The van der Waals surface area contributed by atoms with E-state index in [1.54, 1.807) is 54.6 Å². The molecule has 0 aromatic heterocycles. The summed E-state index contributed by atoms with van der Waals surface area (Å²) in [6.07, 6.45) is 4.46. The van der Waals surface area contributed by atoms with Gasteiger partial charge in [-0.05, 0) is 35.4 Å². The molecule has 0 fully saturated rings. The van der Waals surface area contributed by atoms with Gasteiger partial charge in [0.2, 0.25) is 18.2 Å². The van der Waals surface area contributed by atoms with E-state index in [9.17, 15) is 14.4 Å². The molecule has 0 saturated carbocycles. The van der Waals surface area contributed by atoms with Gasteiger partial charge in [-0.1, -0.05) is 24.3 Å². The first-order valence-corrected chi connectivity index (χ1v) is 6.21. The van der Waals surface area contributed by atoms with E-state index in [-0.39, 0.29) is 0 Å². The third-order valence-electron chi connectivity index (χ3n) is 2.95. The average molecular weight is 291 g/mol. The summed E-state index contributed by atoms with van der Waals surface area (Å²) < 4.78 is 0. The van der Waals surface area contributed by atoms with Crippen molar-refractivity contribution in [1.29, 1.82) is 0 Å². The lowest BCUT2D eigenvalue weighted by molar-refractivity contribution is 0.560. The molecular weight excluding hydrogens is 282 g/mol.